The minimum absolute atomic E-state index is 0.156. The van der Waals surface area contributed by atoms with Crippen LogP contribution in [0.2, 0.25) is 0 Å². The standard InChI is InChI=1S/C8H13N3O5S.O.Tc/c12-5(9-1-2-17)3-10-7(15)8(16)11-4-6(13)14;;/h17H,1-4H2,(H,9,12)(H,10,15)(H,11,16)(H,13,14);;/q;;+3/p-3/i;;1+1. The van der Waals surface area contributed by atoms with Crippen molar-refractivity contribution in [3.8, 4) is 0 Å². The van der Waals surface area contributed by atoms with Crippen LogP contribution in [0.25, 0.3) is 0 Å². The molecule has 19 heavy (non-hydrogen) atoms. The topological polar surface area (TPSA) is 154 Å². The molecule has 0 unspecified atom stereocenters. The fourth-order valence-corrected chi connectivity index (χ4v) is 0.754. The number of nitrogens with one attached hydrogen (secondary N) is 1. The summed E-state index contributed by atoms with van der Waals surface area (Å²) in [4.78, 5) is 27.5. The Morgan fingerprint density at radius 3 is 2.32 bits per heavy atom. The van der Waals surface area contributed by atoms with Gasteiger partial charge in [0.25, 0.3) is 5.91 Å². The summed E-state index contributed by atoms with van der Waals surface area (Å²) in [6.45, 7) is -1.08. The first-order chi connectivity index (χ1) is 8.97. The van der Waals surface area contributed by atoms with Crippen LogP contribution < -0.4 is 15.5 Å². The maximum atomic E-state index is 10.9. The Bertz CT molecular complexity index is 362. The Morgan fingerprint density at radius 2 is 1.84 bits per heavy atom. The molecule has 0 saturated heterocycles. The summed E-state index contributed by atoms with van der Waals surface area (Å²) in [5.74, 6) is -4.06. The van der Waals surface area contributed by atoms with Gasteiger partial charge in [0, 0.05) is 12.4 Å². The van der Waals surface area contributed by atoms with Crippen LogP contribution in [0.3, 0.4) is 0 Å². The van der Waals surface area contributed by atoms with E-state index >= 15 is 0 Å². The van der Waals surface area contributed by atoms with E-state index in [0.29, 0.717) is 0 Å². The summed E-state index contributed by atoms with van der Waals surface area (Å²) in [5.41, 5.74) is 0. The second-order valence-electron chi connectivity index (χ2n) is 2.68. The first kappa shape index (κ1) is 20.0. The van der Waals surface area contributed by atoms with Gasteiger partial charge in [-0.15, -0.1) is 0 Å². The molecule has 0 aliphatic heterocycles. The van der Waals surface area contributed by atoms with Crippen molar-refractivity contribution in [3.63, 3.8) is 0 Å². The molecule has 106 valence electrons. The molecule has 0 heterocycles. The van der Waals surface area contributed by atoms with Crippen molar-refractivity contribution in [1.82, 2.24) is 5.32 Å². The van der Waals surface area contributed by atoms with E-state index in [1.807, 2.05) is 5.32 Å². The molecule has 0 spiro atoms. The average molecular weight is 375 g/mol. The third-order valence-electron chi connectivity index (χ3n) is 1.33. The molecule has 0 aromatic rings. The molecule has 0 radical (unpaired) electrons. The molecule has 0 atom stereocenters. The predicted octanol–water partition coefficient (Wildman–Crippen LogP) is -3.87. The Hall–Kier alpha value is -1.32. The van der Waals surface area contributed by atoms with Crippen molar-refractivity contribution in [2.45, 2.75) is 0 Å². The van der Waals surface area contributed by atoms with Gasteiger partial charge in [-0.1, -0.05) is 0 Å². The Labute approximate surface area is 124 Å². The molecule has 0 saturated carbocycles. The third-order valence-corrected chi connectivity index (χ3v) is 1.51. The van der Waals surface area contributed by atoms with Gasteiger partial charge in [-0.05, 0) is 5.90 Å². The van der Waals surface area contributed by atoms with Gasteiger partial charge in [0.05, 0.1) is 6.54 Å². The Balaban J connectivity index is 0. The van der Waals surface area contributed by atoms with E-state index in [2.05, 4.69) is 22.6 Å². The number of aliphatic carboxylic acids is 1. The van der Waals surface area contributed by atoms with Gasteiger partial charge in [-0.25, -0.2) is 0 Å². The number of carbonyl (C=O) groups is 2. The summed E-state index contributed by atoms with van der Waals surface area (Å²) in [6.07, 6.45) is 0. The van der Waals surface area contributed by atoms with E-state index in [1.54, 1.807) is 0 Å². The minimum atomic E-state index is -1.29. The van der Waals surface area contributed by atoms with Crippen LogP contribution in [0.15, 0.2) is 9.98 Å². The number of nitrogens with zero attached hydrogens (tertiary/aromatic N) is 2. The maximum absolute atomic E-state index is 10.9. The van der Waals surface area contributed by atoms with Crippen LogP contribution in [0.1, 0.15) is 0 Å². The van der Waals surface area contributed by atoms with Gasteiger partial charge >= 0.3 is 28.3 Å². The number of rotatable bonds is 6. The number of hydrogen-bond acceptors (Lipinski definition) is 8. The average Bonchev–Trinajstić information content (AvgIpc) is 2.41. The zero-order valence-electron chi connectivity index (χ0n) is 9.50. The van der Waals surface area contributed by atoms with Crippen LogP contribution >= 0.6 is 0 Å². The second kappa shape index (κ2) is 13.1. The van der Waals surface area contributed by atoms with Gasteiger partial charge in [0.1, 0.15) is 6.54 Å². The number of carbonyl (C=O) groups excluding carboxylic acids is 1. The summed E-state index contributed by atoms with van der Waals surface area (Å²) in [6, 6.07) is 0. The molecular weight excluding hydrogens is 365 g/mol. The molecule has 2 N–H and O–H groups in total. The second-order valence-corrected chi connectivity index (χ2v) is 3.09. The predicted molar refractivity (Wildman–Crippen MR) is 58.2 cm³/mol. The number of hydrogen-bond donors (Lipinski definition) is 2. The van der Waals surface area contributed by atoms with Crippen molar-refractivity contribution >= 4 is 36.3 Å². The van der Waals surface area contributed by atoms with Crippen LogP contribution in [0.5, 0.6) is 0 Å². The number of carboxylic acids is 1. The molecule has 0 bridgehead atoms. The summed E-state index contributed by atoms with van der Waals surface area (Å²) < 4.78 is 8.22. The molecule has 0 aliphatic rings. The van der Waals surface area contributed by atoms with E-state index in [-0.39, 0.29) is 12.3 Å². The van der Waals surface area contributed by atoms with E-state index in [0.717, 1.165) is 18.9 Å². The molecule has 0 aromatic heterocycles. The van der Waals surface area contributed by atoms with Gasteiger partial charge in [-0.2, -0.15) is 5.75 Å². The Kier molecular flexibility index (Phi) is 13.8. The quantitative estimate of drug-likeness (QED) is 0.273. The van der Waals surface area contributed by atoms with Gasteiger partial charge in [-0.3, -0.25) is 14.6 Å². The van der Waals surface area contributed by atoms with Crippen molar-refractivity contribution in [2.75, 3.05) is 25.4 Å². The van der Waals surface area contributed by atoms with E-state index < -0.39 is 36.8 Å². The Morgan fingerprint density at radius 1 is 1.26 bits per heavy atom. The molecule has 9 nitrogen and oxygen atoms in total. The van der Waals surface area contributed by atoms with Gasteiger partial charge in [0.15, 0.2) is 0 Å². The first-order valence-electron chi connectivity index (χ1n) is 4.62. The fourth-order valence-electron chi connectivity index (χ4n) is 0.663. The number of carboxylic acid groups (broad SMARTS) is 1. The van der Waals surface area contributed by atoms with Gasteiger partial charge < -0.3 is 38.3 Å². The molecular formula is C8H10N3O6STc. The monoisotopic (exact) mass is 375 g/mol. The van der Waals surface area contributed by atoms with Crippen molar-refractivity contribution in [2.24, 2.45) is 9.98 Å². The first-order valence-corrected chi connectivity index (χ1v) is 5.96. The van der Waals surface area contributed by atoms with Crippen molar-refractivity contribution in [3.05, 3.63) is 0 Å². The van der Waals surface area contributed by atoms with Crippen molar-refractivity contribution < 1.29 is 47.3 Å². The zero-order chi connectivity index (χ0) is 15.3. The molecule has 1 amide bonds. The van der Waals surface area contributed by atoms with Gasteiger partial charge in [0.2, 0.25) is 0 Å². The fraction of sp³-hybridized carbons (Fsp3) is 0.500. The summed E-state index contributed by atoms with van der Waals surface area (Å²) >= 11 is 5.44. The third kappa shape index (κ3) is 12.9. The SMILES string of the molecule is O=C(O)CNC(=O)C([O-])=NCC([O-])=NCC[S-].[O]=[99Tc+3]. The summed E-state index contributed by atoms with van der Waals surface area (Å²) in [5, 5.41) is 31.9. The molecule has 0 rings (SSSR count). The van der Waals surface area contributed by atoms with E-state index in [9.17, 15) is 19.8 Å². The zero-order valence-corrected chi connectivity index (χ0v) is 12.2. The van der Waals surface area contributed by atoms with Crippen LogP contribution in [0, 0.1) is 0 Å². The van der Waals surface area contributed by atoms with E-state index in [4.69, 9.17) is 8.61 Å². The molecule has 0 aromatic carbocycles. The molecule has 0 fully saturated rings. The summed E-state index contributed by atoms with van der Waals surface area (Å²) in [7, 11) is 0. The number of amides is 1. The normalized spacial score (nSPS) is 11.2. The molecule has 11 heteroatoms. The van der Waals surface area contributed by atoms with Crippen molar-refractivity contribution in [1.29, 1.82) is 0 Å². The van der Waals surface area contributed by atoms with Crippen LogP contribution in [0.4, 0.5) is 0 Å². The van der Waals surface area contributed by atoms with Crippen LogP contribution in [-0.4, -0.2) is 54.2 Å². The van der Waals surface area contributed by atoms with Crippen LogP contribution in [-0.2, 0) is 44.6 Å². The molecule has 0 aliphatic carbocycles. The number of aliphatic imine (C=N–C) groups is 2. The van der Waals surface area contributed by atoms with E-state index in [1.165, 1.54) is 0 Å².